The van der Waals surface area contributed by atoms with Crippen LogP contribution in [0.3, 0.4) is 0 Å². The predicted molar refractivity (Wildman–Crippen MR) is 30.2 cm³/mol. The van der Waals surface area contributed by atoms with E-state index in [-0.39, 0.29) is 6.42 Å². The van der Waals surface area contributed by atoms with Crippen LogP contribution in [0.25, 0.3) is 0 Å². The van der Waals surface area contributed by atoms with E-state index in [1.807, 2.05) is 0 Å². The summed E-state index contributed by atoms with van der Waals surface area (Å²) < 4.78 is 4.25. The summed E-state index contributed by atoms with van der Waals surface area (Å²) in [5.41, 5.74) is 5.09. The van der Waals surface area contributed by atoms with Crippen LogP contribution < -0.4 is 5.73 Å². The molecule has 50 valence electrons. The van der Waals surface area contributed by atoms with Gasteiger partial charge in [-0.25, -0.2) is 0 Å². The first-order valence-corrected chi connectivity index (χ1v) is 2.42. The topological polar surface area (TPSA) is 76.1 Å². The van der Waals surface area contributed by atoms with Crippen LogP contribution in [-0.2, 0) is 9.53 Å². The molecule has 9 heavy (non-hydrogen) atoms. The molecule has 0 aromatic rings. The van der Waals surface area contributed by atoms with Gasteiger partial charge < -0.3 is 10.5 Å². The molecule has 4 nitrogen and oxygen atoms in total. The van der Waals surface area contributed by atoms with E-state index < -0.39 is 12.0 Å². The Kier molecular flexibility index (Phi) is 3.40. The zero-order chi connectivity index (χ0) is 7.28. The van der Waals surface area contributed by atoms with Gasteiger partial charge in [0.25, 0.3) is 0 Å². The fourth-order valence-electron chi connectivity index (χ4n) is 0.309. The molecule has 0 saturated carbocycles. The number of hydrogen-bond acceptors (Lipinski definition) is 4. The molecule has 0 fully saturated rings. The summed E-state index contributed by atoms with van der Waals surface area (Å²) in [5.74, 6) is -0.455. The maximum absolute atomic E-state index is 10.3. The fraction of sp³-hybridized carbons (Fsp3) is 0.600. The number of rotatable bonds is 2. The van der Waals surface area contributed by atoms with Crippen molar-refractivity contribution in [3.05, 3.63) is 0 Å². The minimum atomic E-state index is -0.738. The van der Waals surface area contributed by atoms with Crippen LogP contribution in [0.1, 0.15) is 6.42 Å². The van der Waals surface area contributed by atoms with Crippen molar-refractivity contribution < 1.29 is 9.53 Å². The van der Waals surface area contributed by atoms with E-state index in [2.05, 4.69) is 4.74 Å². The van der Waals surface area contributed by atoms with Gasteiger partial charge >= 0.3 is 5.97 Å². The number of carbonyl (C=O) groups is 1. The Hall–Kier alpha value is -1.08. The smallest absolute Gasteiger partial charge is 0.308 e. The summed E-state index contributed by atoms with van der Waals surface area (Å²) in [5, 5.41) is 8.10. The summed E-state index contributed by atoms with van der Waals surface area (Å²) >= 11 is 0. The number of hydrogen-bond donors (Lipinski definition) is 1. The number of methoxy groups -OCH3 is 1. The molecular formula is C5H8N2O2. The van der Waals surface area contributed by atoms with Crippen molar-refractivity contribution in [3.8, 4) is 6.07 Å². The van der Waals surface area contributed by atoms with Gasteiger partial charge in [0.15, 0.2) is 0 Å². The zero-order valence-electron chi connectivity index (χ0n) is 5.13. The monoisotopic (exact) mass is 128 g/mol. The van der Waals surface area contributed by atoms with E-state index in [1.165, 1.54) is 7.11 Å². The summed E-state index contributed by atoms with van der Waals surface area (Å²) in [4.78, 5) is 10.3. The lowest BCUT2D eigenvalue weighted by Gasteiger charge is -1.97. The molecule has 1 unspecified atom stereocenters. The lowest BCUT2D eigenvalue weighted by molar-refractivity contribution is -0.140. The molecule has 0 heterocycles. The van der Waals surface area contributed by atoms with Crippen LogP contribution >= 0.6 is 0 Å². The average Bonchev–Trinajstić information content (AvgIpc) is 1.87. The molecule has 0 aliphatic carbocycles. The number of esters is 1. The second-order valence-electron chi connectivity index (χ2n) is 1.52. The molecule has 1 atom stereocenters. The summed E-state index contributed by atoms with van der Waals surface area (Å²) in [7, 11) is 1.26. The number of ether oxygens (including phenoxy) is 1. The van der Waals surface area contributed by atoms with Crippen molar-refractivity contribution in [1.29, 1.82) is 5.26 Å². The van der Waals surface area contributed by atoms with E-state index in [0.717, 1.165) is 0 Å². The van der Waals surface area contributed by atoms with Crippen LogP contribution in [0.4, 0.5) is 0 Å². The van der Waals surface area contributed by atoms with Gasteiger partial charge in [0, 0.05) is 0 Å². The second-order valence-corrected chi connectivity index (χ2v) is 1.52. The van der Waals surface area contributed by atoms with E-state index in [1.54, 1.807) is 6.07 Å². The Morgan fingerprint density at radius 2 is 2.56 bits per heavy atom. The van der Waals surface area contributed by atoms with Gasteiger partial charge in [0.05, 0.1) is 19.6 Å². The van der Waals surface area contributed by atoms with Crippen molar-refractivity contribution in [2.24, 2.45) is 5.73 Å². The van der Waals surface area contributed by atoms with Gasteiger partial charge in [-0.15, -0.1) is 0 Å². The van der Waals surface area contributed by atoms with Gasteiger partial charge in [0.1, 0.15) is 6.04 Å². The summed E-state index contributed by atoms with van der Waals surface area (Å²) in [6, 6.07) is 0.969. The third kappa shape index (κ3) is 3.50. The minimum Gasteiger partial charge on any atom is -0.469 e. The standard InChI is InChI=1S/C5H8N2O2/c1-9-5(8)2-4(7)3-6/h4H,2,7H2,1H3. The third-order valence-electron chi connectivity index (χ3n) is 0.780. The third-order valence-corrected chi connectivity index (χ3v) is 0.780. The van der Waals surface area contributed by atoms with Gasteiger partial charge in [-0.1, -0.05) is 0 Å². The quantitative estimate of drug-likeness (QED) is 0.504. The lowest BCUT2D eigenvalue weighted by Crippen LogP contribution is -2.22. The minimum absolute atomic E-state index is 0.0347. The first-order valence-electron chi connectivity index (χ1n) is 2.42. The highest BCUT2D eigenvalue weighted by Crippen LogP contribution is 1.87. The van der Waals surface area contributed by atoms with Crippen LogP contribution in [0.2, 0.25) is 0 Å². The summed E-state index contributed by atoms with van der Waals surface area (Å²) in [6.07, 6.45) is -0.0347. The number of nitrogens with two attached hydrogens (primary N) is 1. The first kappa shape index (κ1) is 7.92. The Bertz CT molecular complexity index is 138. The largest absolute Gasteiger partial charge is 0.469 e. The molecule has 0 bridgehead atoms. The zero-order valence-corrected chi connectivity index (χ0v) is 5.13. The van der Waals surface area contributed by atoms with E-state index >= 15 is 0 Å². The maximum atomic E-state index is 10.3. The van der Waals surface area contributed by atoms with Crippen molar-refractivity contribution >= 4 is 5.97 Å². The van der Waals surface area contributed by atoms with Crippen molar-refractivity contribution in [1.82, 2.24) is 0 Å². The SMILES string of the molecule is COC(=O)CC(N)C#N. The Morgan fingerprint density at radius 1 is 2.00 bits per heavy atom. The molecule has 4 heteroatoms. The molecule has 0 aliphatic rings. The molecule has 0 saturated heterocycles. The molecular weight excluding hydrogens is 120 g/mol. The number of nitrogens with zero attached hydrogens (tertiary/aromatic N) is 1. The van der Waals surface area contributed by atoms with Crippen LogP contribution in [-0.4, -0.2) is 19.1 Å². The van der Waals surface area contributed by atoms with E-state index in [0.29, 0.717) is 0 Å². The Balaban J connectivity index is 3.50. The fourth-order valence-corrected chi connectivity index (χ4v) is 0.309. The normalized spacial score (nSPS) is 11.7. The Labute approximate surface area is 53.2 Å². The predicted octanol–water partition coefficient (Wildman–Crippen LogP) is -0.600. The maximum Gasteiger partial charge on any atom is 0.308 e. The molecule has 0 aromatic heterocycles. The average molecular weight is 128 g/mol. The molecule has 0 spiro atoms. The second kappa shape index (κ2) is 3.87. The van der Waals surface area contributed by atoms with Crippen LogP contribution in [0.15, 0.2) is 0 Å². The van der Waals surface area contributed by atoms with Crippen LogP contribution in [0.5, 0.6) is 0 Å². The highest BCUT2D eigenvalue weighted by Gasteiger charge is 2.06. The van der Waals surface area contributed by atoms with Crippen molar-refractivity contribution in [2.45, 2.75) is 12.5 Å². The van der Waals surface area contributed by atoms with Crippen LogP contribution in [0, 0.1) is 11.3 Å². The molecule has 0 aliphatic heterocycles. The highest BCUT2D eigenvalue weighted by molar-refractivity contribution is 5.70. The molecule has 0 rings (SSSR count). The van der Waals surface area contributed by atoms with Gasteiger partial charge in [-0.3, -0.25) is 4.79 Å². The van der Waals surface area contributed by atoms with Crippen molar-refractivity contribution in [3.63, 3.8) is 0 Å². The van der Waals surface area contributed by atoms with E-state index in [9.17, 15) is 4.79 Å². The molecule has 0 radical (unpaired) electrons. The number of carbonyl (C=O) groups excluding carboxylic acids is 1. The lowest BCUT2D eigenvalue weighted by atomic mass is 10.2. The number of nitriles is 1. The van der Waals surface area contributed by atoms with E-state index in [4.69, 9.17) is 11.0 Å². The Morgan fingerprint density at radius 3 is 2.89 bits per heavy atom. The van der Waals surface area contributed by atoms with Crippen molar-refractivity contribution in [2.75, 3.05) is 7.11 Å². The summed E-state index contributed by atoms with van der Waals surface area (Å²) in [6.45, 7) is 0. The molecule has 0 amide bonds. The highest BCUT2D eigenvalue weighted by atomic mass is 16.5. The molecule has 2 N–H and O–H groups in total. The van der Waals surface area contributed by atoms with Gasteiger partial charge in [-0.2, -0.15) is 5.26 Å². The van der Waals surface area contributed by atoms with Gasteiger partial charge in [-0.05, 0) is 0 Å². The first-order chi connectivity index (χ1) is 4.20. The van der Waals surface area contributed by atoms with Gasteiger partial charge in [0.2, 0.25) is 0 Å². The molecule has 0 aromatic carbocycles.